The van der Waals surface area contributed by atoms with Crippen LogP contribution >= 0.6 is 11.6 Å². The second-order valence-corrected chi connectivity index (χ2v) is 4.55. The highest BCUT2D eigenvalue weighted by Gasteiger charge is 2.16. The summed E-state index contributed by atoms with van der Waals surface area (Å²) >= 11 is 6.09. The molecule has 4 heteroatoms. The van der Waals surface area contributed by atoms with Crippen LogP contribution in [0.15, 0.2) is 30.3 Å². The van der Waals surface area contributed by atoms with Crippen molar-refractivity contribution in [3.63, 3.8) is 0 Å². The van der Waals surface area contributed by atoms with E-state index in [1.54, 1.807) is 7.11 Å². The van der Waals surface area contributed by atoms with Crippen molar-refractivity contribution in [1.29, 1.82) is 0 Å². The molecule has 1 N–H and O–H groups in total. The number of carbonyl (C=O) groups excluding carboxylic acids is 1. The largest absolute Gasteiger partial charge is 0.385 e. The van der Waals surface area contributed by atoms with Crippen molar-refractivity contribution in [2.24, 2.45) is 0 Å². The monoisotopic (exact) mass is 269 g/mol. The number of methoxy groups -OCH3 is 1. The number of rotatable bonds is 8. The van der Waals surface area contributed by atoms with Crippen molar-refractivity contribution in [1.82, 2.24) is 5.32 Å². The lowest BCUT2D eigenvalue weighted by molar-refractivity contribution is -0.120. The molecule has 1 aromatic carbocycles. The number of nitrogens with one attached hydrogen (secondary N) is 1. The Balaban J connectivity index is 2.20. The smallest absolute Gasteiger partial charge is 0.242 e. The van der Waals surface area contributed by atoms with Crippen molar-refractivity contribution < 1.29 is 9.53 Å². The first-order valence-corrected chi connectivity index (χ1v) is 6.65. The standard InChI is InChI=1S/C14H20ClNO2/c1-18-11-7-3-6-10-16-14(17)13(15)12-8-4-2-5-9-12/h2,4-5,8-9,13H,3,6-7,10-11H2,1H3,(H,16,17). The van der Waals surface area contributed by atoms with Gasteiger partial charge in [0, 0.05) is 20.3 Å². The predicted octanol–water partition coefficient (Wildman–Crippen LogP) is 2.90. The number of amides is 1. The molecule has 0 saturated heterocycles. The molecule has 100 valence electrons. The fourth-order valence-electron chi connectivity index (χ4n) is 1.62. The zero-order chi connectivity index (χ0) is 13.2. The second-order valence-electron chi connectivity index (χ2n) is 4.12. The van der Waals surface area contributed by atoms with Gasteiger partial charge in [-0.1, -0.05) is 30.3 Å². The Labute approximate surface area is 113 Å². The number of hydrogen-bond acceptors (Lipinski definition) is 2. The Hall–Kier alpha value is -1.06. The number of hydrogen-bond donors (Lipinski definition) is 1. The lowest BCUT2D eigenvalue weighted by Gasteiger charge is -2.10. The molecule has 1 unspecified atom stereocenters. The summed E-state index contributed by atoms with van der Waals surface area (Å²) in [6, 6.07) is 9.37. The van der Waals surface area contributed by atoms with Crippen molar-refractivity contribution in [2.45, 2.75) is 24.6 Å². The maximum Gasteiger partial charge on any atom is 0.242 e. The van der Waals surface area contributed by atoms with E-state index < -0.39 is 5.38 Å². The summed E-state index contributed by atoms with van der Waals surface area (Å²) in [5, 5.41) is 2.24. The third-order valence-electron chi connectivity index (χ3n) is 2.65. The van der Waals surface area contributed by atoms with Crippen LogP contribution in [-0.4, -0.2) is 26.2 Å². The maximum atomic E-state index is 11.8. The molecule has 0 aliphatic carbocycles. The minimum Gasteiger partial charge on any atom is -0.385 e. The molecule has 0 saturated carbocycles. The maximum absolute atomic E-state index is 11.8. The highest BCUT2D eigenvalue weighted by molar-refractivity contribution is 6.30. The molecule has 18 heavy (non-hydrogen) atoms. The van der Waals surface area contributed by atoms with Crippen LogP contribution in [0.1, 0.15) is 30.2 Å². The first-order chi connectivity index (χ1) is 8.75. The number of carbonyl (C=O) groups is 1. The third-order valence-corrected chi connectivity index (χ3v) is 3.10. The molecule has 0 heterocycles. The molecule has 0 aromatic heterocycles. The number of benzene rings is 1. The average Bonchev–Trinajstić information content (AvgIpc) is 2.42. The molecule has 0 fully saturated rings. The molecule has 0 aliphatic rings. The predicted molar refractivity (Wildman–Crippen MR) is 73.8 cm³/mol. The molecular formula is C14H20ClNO2. The number of halogens is 1. The fourth-order valence-corrected chi connectivity index (χ4v) is 1.85. The Morgan fingerprint density at radius 1 is 1.28 bits per heavy atom. The molecular weight excluding hydrogens is 250 g/mol. The van der Waals surface area contributed by atoms with E-state index in [1.165, 1.54) is 0 Å². The van der Waals surface area contributed by atoms with Crippen LogP contribution in [-0.2, 0) is 9.53 Å². The van der Waals surface area contributed by atoms with Crippen LogP contribution < -0.4 is 5.32 Å². The number of alkyl halides is 1. The van der Waals surface area contributed by atoms with Gasteiger partial charge in [-0.25, -0.2) is 0 Å². The molecule has 1 rings (SSSR count). The van der Waals surface area contributed by atoms with Crippen LogP contribution in [0.3, 0.4) is 0 Å². The molecule has 3 nitrogen and oxygen atoms in total. The van der Waals surface area contributed by atoms with Crippen molar-refractivity contribution >= 4 is 17.5 Å². The lowest BCUT2D eigenvalue weighted by Crippen LogP contribution is -2.27. The summed E-state index contributed by atoms with van der Waals surface area (Å²) in [5.41, 5.74) is 0.830. The van der Waals surface area contributed by atoms with Gasteiger partial charge in [0.15, 0.2) is 0 Å². The Kier molecular flexibility index (Phi) is 7.46. The molecule has 0 spiro atoms. The first kappa shape index (κ1) is 15.0. The Morgan fingerprint density at radius 3 is 2.67 bits per heavy atom. The summed E-state index contributed by atoms with van der Waals surface area (Å²) in [4.78, 5) is 11.8. The average molecular weight is 270 g/mol. The highest BCUT2D eigenvalue weighted by atomic mass is 35.5. The van der Waals surface area contributed by atoms with E-state index in [2.05, 4.69) is 5.32 Å². The van der Waals surface area contributed by atoms with Gasteiger partial charge in [-0.15, -0.1) is 11.6 Å². The summed E-state index contributed by atoms with van der Waals surface area (Å²) in [5.74, 6) is -0.130. The van der Waals surface area contributed by atoms with E-state index in [-0.39, 0.29) is 5.91 Å². The van der Waals surface area contributed by atoms with Gasteiger partial charge in [0.2, 0.25) is 5.91 Å². The molecule has 0 radical (unpaired) electrons. The van der Waals surface area contributed by atoms with E-state index in [4.69, 9.17) is 16.3 Å². The van der Waals surface area contributed by atoms with E-state index >= 15 is 0 Å². The third kappa shape index (κ3) is 5.52. The van der Waals surface area contributed by atoms with Gasteiger partial charge in [0.1, 0.15) is 5.38 Å². The highest BCUT2D eigenvalue weighted by Crippen LogP contribution is 2.19. The fraction of sp³-hybridized carbons (Fsp3) is 0.500. The Morgan fingerprint density at radius 2 is 2.00 bits per heavy atom. The van der Waals surface area contributed by atoms with Gasteiger partial charge in [-0.3, -0.25) is 4.79 Å². The molecule has 0 bridgehead atoms. The van der Waals surface area contributed by atoms with Gasteiger partial charge >= 0.3 is 0 Å². The van der Waals surface area contributed by atoms with Gasteiger partial charge in [0.25, 0.3) is 0 Å². The van der Waals surface area contributed by atoms with E-state index in [0.717, 1.165) is 31.4 Å². The lowest BCUT2D eigenvalue weighted by atomic mass is 10.1. The van der Waals surface area contributed by atoms with Crippen LogP contribution in [0.4, 0.5) is 0 Å². The van der Waals surface area contributed by atoms with Crippen molar-refractivity contribution in [3.8, 4) is 0 Å². The zero-order valence-electron chi connectivity index (χ0n) is 10.7. The van der Waals surface area contributed by atoms with Gasteiger partial charge in [-0.05, 0) is 24.8 Å². The Bertz CT molecular complexity index is 343. The number of ether oxygens (including phenoxy) is 1. The van der Waals surface area contributed by atoms with E-state index in [0.29, 0.717) is 6.54 Å². The van der Waals surface area contributed by atoms with Gasteiger partial charge in [-0.2, -0.15) is 0 Å². The van der Waals surface area contributed by atoms with Gasteiger partial charge in [0.05, 0.1) is 0 Å². The molecule has 1 atom stereocenters. The first-order valence-electron chi connectivity index (χ1n) is 6.21. The molecule has 1 amide bonds. The van der Waals surface area contributed by atoms with Crippen LogP contribution in [0.25, 0.3) is 0 Å². The summed E-state index contributed by atoms with van der Waals surface area (Å²) in [6.45, 7) is 1.44. The van der Waals surface area contributed by atoms with Crippen molar-refractivity contribution in [3.05, 3.63) is 35.9 Å². The summed E-state index contributed by atoms with van der Waals surface area (Å²) in [7, 11) is 1.69. The van der Waals surface area contributed by atoms with E-state index in [9.17, 15) is 4.79 Å². The van der Waals surface area contributed by atoms with Crippen LogP contribution in [0.2, 0.25) is 0 Å². The van der Waals surface area contributed by atoms with Gasteiger partial charge < -0.3 is 10.1 Å². The molecule has 0 aliphatic heterocycles. The van der Waals surface area contributed by atoms with E-state index in [1.807, 2.05) is 30.3 Å². The van der Waals surface area contributed by atoms with Crippen LogP contribution in [0.5, 0.6) is 0 Å². The zero-order valence-corrected chi connectivity index (χ0v) is 11.5. The SMILES string of the molecule is COCCCCCNC(=O)C(Cl)c1ccccc1. The van der Waals surface area contributed by atoms with Crippen LogP contribution in [0, 0.1) is 0 Å². The van der Waals surface area contributed by atoms with Crippen molar-refractivity contribution in [2.75, 3.05) is 20.3 Å². The molecule has 1 aromatic rings. The summed E-state index contributed by atoms with van der Waals surface area (Å²) < 4.78 is 4.96. The number of unbranched alkanes of at least 4 members (excludes halogenated alkanes) is 2. The second kappa shape index (κ2) is 8.95. The quantitative estimate of drug-likeness (QED) is 0.582. The topological polar surface area (TPSA) is 38.3 Å². The normalized spacial score (nSPS) is 12.1. The minimum absolute atomic E-state index is 0.130. The minimum atomic E-state index is -0.606. The summed E-state index contributed by atoms with van der Waals surface area (Å²) in [6.07, 6.45) is 3.02.